The maximum Gasteiger partial charge on any atom is 0.433 e. The summed E-state index contributed by atoms with van der Waals surface area (Å²) in [6.45, 7) is 0.452. The van der Waals surface area contributed by atoms with Crippen molar-refractivity contribution in [2.75, 3.05) is 0 Å². The molecule has 0 unspecified atom stereocenters. The van der Waals surface area contributed by atoms with Crippen molar-refractivity contribution in [2.45, 2.75) is 12.7 Å². The number of fused-ring (bicyclic) bond motifs is 1. The van der Waals surface area contributed by atoms with Gasteiger partial charge in [-0.05, 0) is 29.8 Å². The van der Waals surface area contributed by atoms with Crippen molar-refractivity contribution in [2.24, 2.45) is 0 Å². The van der Waals surface area contributed by atoms with Crippen molar-refractivity contribution < 1.29 is 13.2 Å². The number of nitrogens with zero attached hydrogens (tertiary/aromatic N) is 2. The number of aromatic nitrogens is 2. The van der Waals surface area contributed by atoms with Gasteiger partial charge in [0, 0.05) is 18.9 Å². The zero-order valence-electron chi connectivity index (χ0n) is 10.6. The maximum atomic E-state index is 12.5. The summed E-state index contributed by atoms with van der Waals surface area (Å²) in [7, 11) is 0. The highest BCUT2D eigenvalue weighted by Crippen LogP contribution is 2.30. The molecule has 0 saturated heterocycles. The van der Waals surface area contributed by atoms with Gasteiger partial charge in [0.1, 0.15) is 5.69 Å². The molecule has 7 heteroatoms. The van der Waals surface area contributed by atoms with Gasteiger partial charge < -0.3 is 4.57 Å². The maximum absolute atomic E-state index is 12.5. The summed E-state index contributed by atoms with van der Waals surface area (Å²) in [5.41, 5.74) is 0.808. The van der Waals surface area contributed by atoms with Crippen molar-refractivity contribution in [3.05, 3.63) is 57.8 Å². The van der Waals surface area contributed by atoms with Crippen LogP contribution in [0.3, 0.4) is 0 Å². The molecule has 0 N–H and O–H groups in total. The van der Waals surface area contributed by atoms with Crippen LogP contribution in [0.2, 0.25) is 0 Å². The van der Waals surface area contributed by atoms with Gasteiger partial charge in [-0.3, -0.25) is 4.98 Å². The molecule has 0 aromatic carbocycles. The lowest BCUT2D eigenvalue weighted by atomic mass is 10.2. The van der Waals surface area contributed by atoms with E-state index in [9.17, 15) is 13.2 Å². The smallest absolute Gasteiger partial charge is 0.342 e. The third-order valence-corrected chi connectivity index (χ3v) is 4.26. The van der Waals surface area contributed by atoms with Gasteiger partial charge in [-0.25, -0.2) is 0 Å². The number of hydrogen-bond acceptors (Lipinski definition) is 3. The van der Waals surface area contributed by atoms with E-state index in [1.807, 2.05) is 29.0 Å². The molecular formula is C14H9F3N2S2. The average Bonchev–Trinajstić information content (AvgIpc) is 2.80. The van der Waals surface area contributed by atoms with Crippen LogP contribution in [0.4, 0.5) is 13.2 Å². The van der Waals surface area contributed by atoms with Gasteiger partial charge in [0.15, 0.2) is 0 Å². The summed E-state index contributed by atoms with van der Waals surface area (Å²) in [6.07, 6.45) is -1.27. The standard InChI is InChI=1S/C14H9F3N2S2/c15-14(16,17)12-4-3-9(7-18-12)8-19-5-1-2-11-10(19)6-13(20)21-11/h1-7H,8H2. The summed E-state index contributed by atoms with van der Waals surface area (Å²) in [5, 5.41) is 0. The van der Waals surface area contributed by atoms with Gasteiger partial charge in [0.05, 0.1) is 14.4 Å². The van der Waals surface area contributed by atoms with E-state index in [0.29, 0.717) is 12.1 Å². The molecule has 0 aliphatic carbocycles. The van der Waals surface area contributed by atoms with Crippen LogP contribution in [0.1, 0.15) is 11.3 Å². The minimum absolute atomic E-state index is 0.452. The van der Waals surface area contributed by atoms with Crippen molar-refractivity contribution in [3.8, 4) is 10.6 Å². The van der Waals surface area contributed by atoms with E-state index in [-0.39, 0.29) is 0 Å². The number of thiophene rings is 1. The Kier molecular flexibility index (Phi) is 3.54. The van der Waals surface area contributed by atoms with Gasteiger partial charge >= 0.3 is 6.18 Å². The second-order valence-corrected chi connectivity index (χ2v) is 6.28. The first-order chi connectivity index (χ1) is 9.93. The molecule has 1 aromatic rings. The van der Waals surface area contributed by atoms with E-state index in [1.54, 1.807) is 0 Å². The largest absolute Gasteiger partial charge is 0.433 e. The highest BCUT2D eigenvalue weighted by Gasteiger charge is 2.31. The van der Waals surface area contributed by atoms with Crippen molar-refractivity contribution in [1.82, 2.24) is 9.55 Å². The summed E-state index contributed by atoms with van der Waals surface area (Å²) >= 11 is 6.68. The topological polar surface area (TPSA) is 17.8 Å². The Balaban J connectivity index is 1.91. The summed E-state index contributed by atoms with van der Waals surface area (Å²) in [5.74, 6) is 0. The average molecular weight is 326 g/mol. The van der Waals surface area contributed by atoms with Gasteiger partial charge in [0.2, 0.25) is 0 Å². The molecule has 0 radical (unpaired) electrons. The van der Waals surface area contributed by atoms with E-state index >= 15 is 0 Å². The van der Waals surface area contributed by atoms with E-state index in [0.717, 1.165) is 20.5 Å². The van der Waals surface area contributed by atoms with Crippen LogP contribution in [0.15, 0.2) is 42.7 Å². The molecular weight excluding hydrogens is 317 g/mol. The summed E-state index contributed by atoms with van der Waals surface area (Å²) < 4.78 is 40.2. The molecule has 2 aliphatic rings. The highest BCUT2D eigenvalue weighted by atomic mass is 32.1. The second kappa shape index (κ2) is 5.23. The molecule has 21 heavy (non-hydrogen) atoms. The minimum Gasteiger partial charge on any atom is -0.342 e. The van der Waals surface area contributed by atoms with Crippen LogP contribution in [0.25, 0.3) is 10.6 Å². The molecule has 0 fully saturated rings. The van der Waals surface area contributed by atoms with Crippen LogP contribution in [0, 0.1) is 3.82 Å². The molecule has 0 bridgehead atoms. The fraction of sp³-hybridized carbons (Fsp3) is 0.143. The Morgan fingerprint density at radius 3 is 2.71 bits per heavy atom. The Morgan fingerprint density at radius 1 is 1.24 bits per heavy atom. The van der Waals surface area contributed by atoms with Gasteiger partial charge in [0.25, 0.3) is 0 Å². The number of pyridine rings is 2. The van der Waals surface area contributed by atoms with E-state index in [4.69, 9.17) is 12.2 Å². The van der Waals surface area contributed by atoms with Crippen molar-refractivity contribution in [3.63, 3.8) is 0 Å². The van der Waals surface area contributed by atoms with Crippen molar-refractivity contribution in [1.29, 1.82) is 0 Å². The van der Waals surface area contributed by atoms with Gasteiger partial charge in [-0.2, -0.15) is 13.2 Å². The molecule has 3 heterocycles. The lowest BCUT2D eigenvalue weighted by Crippen LogP contribution is -2.09. The SMILES string of the molecule is FC(F)(F)c1ccc(Cn2cccc3sc(=S)cc2-3)cn1. The predicted molar refractivity (Wildman–Crippen MR) is 78.1 cm³/mol. The van der Waals surface area contributed by atoms with Crippen LogP contribution in [0.5, 0.6) is 0 Å². The molecule has 3 rings (SSSR count). The monoisotopic (exact) mass is 326 g/mol. The molecule has 0 saturated carbocycles. The number of hydrogen-bond donors (Lipinski definition) is 0. The quantitative estimate of drug-likeness (QED) is 0.627. The fourth-order valence-corrected chi connectivity index (χ4v) is 3.25. The van der Waals surface area contributed by atoms with E-state index in [2.05, 4.69) is 4.98 Å². The minimum atomic E-state index is -4.41. The molecule has 0 spiro atoms. The molecule has 0 amide bonds. The third-order valence-electron chi connectivity index (χ3n) is 3.01. The Labute approximate surface area is 127 Å². The fourth-order valence-electron chi connectivity index (χ4n) is 2.05. The molecule has 0 atom stereocenters. The van der Waals surface area contributed by atoms with Crippen LogP contribution in [-0.4, -0.2) is 9.55 Å². The first-order valence-corrected chi connectivity index (χ1v) is 7.27. The van der Waals surface area contributed by atoms with Crippen LogP contribution < -0.4 is 0 Å². The number of rotatable bonds is 2. The van der Waals surface area contributed by atoms with E-state index < -0.39 is 11.9 Å². The van der Waals surface area contributed by atoms with Gasteiger partial charge in [-0.15, -0.1) is 11.3 Å². The Hall–Kier alpha value is -1.73. The van der Waals surface area contributed by atoms with E-state index in [1.165, 1.54) is 23.6 Å². The first kappa shape index (κ1) is 14.2. The Bertz CT molecular complexity index is 787. The highest BCUT2D eigenvalue weighted by molar-refractivity contribution is 7.73. The summed E-state index contributed by atoms with van der Waals surface area (Å²) in [6, 6.07) is 8.21. The molecule has 2 aliphatic heterocycles. The van der Waals surface area contributed by atoms with Crippen LogP contribution in [-0.2, 0) is 12.7 Å². The first-order valence-electron chi connectivity index (χ1n) is 6.04. The zero-order chi connectivity index (χ0) is 15.0. The van der Waals surface area contributed by atoms with Crippen molar-refractivity contribution >= 4 is 23.6 Å². The number of alkyl halides is 3. The lowest BCUT2D eigenvalue weighted by Gasteiger charge is -2.12. The lowest BCUT2D eigenvalue weighted by molar-refractivity contribution is -0.141. The Morgan fingerprint density at radius 2 is 2.05 bits per heavy atom. The van der Waals surface area contributed by atoms with Crippen LogP contribution >= 0.6 is 23.6 Å². The third kappa shape index (κ3) is 2.98. The second-order valence-electron chi connectivity index (χ2n) is 4.50. The summed E-state index contributed by atoms with van der Waals surface area (Å²) in [4.78, 5) is 4.53. The molecule has 2 nitrogen and oxygen atoms in total. The molecule has 108 valence electrons. The number of halogens is 3. The normalized spacial score (nSPS) is 12.0. The molecule has 1 aromatic heterocycles. The van der Waals surface area contributed by atoms with Gasteiger partial charge in [-0.1, -0.05) is 18.3 Å². The zero-order valence-corrected chi connectivity index (χ0v) is 12.2. The predicted octanol–water partition coefficient (Wildman–Crippen LogP) is 4.85.